The van der Waals surface area contributed by atoms with Crippen molar-refractivity contribution in [3.8, 4) is 5.75 Å². The van der Waals surface area contributed by atoms with Gasteiger partial charge in [-0.3, -0.25) is 9.59 Å². The van der Waals surface area contributed by atoms with Crippen LogP contribution in [0.4, 0.5) is 5.69 Å². The second-order valence-electron chi connectivity index (χ2n) is 4.76. The van der Waals surface area contributed by atoms with Gasteiger partial charge >= 0.3 is 0 Å². The van der Waals surface area contributed by atoms with E-state index in [4.69, 9.17) is 4.74 Å². The molecule has 3 rings (SSSR count). The van der Waals surface area contributed by atoms with Crippen molar-refractivity contribution in [2.24, 2.45) is 0 Å². The minimum absolute atomic E-state index is 0.265. The topological polar surface area (TPSA) is 46.6 Å². The van der Waals surface area contributed by atoms with Crippen LogP contribution in [-0.2, 0) is 9.59 Å². The maximum absolute atomic E-state index is 12.9. The average Bonchev–Trinajstić information content (AvgIpc) is 3.15. The van der Waals surface area contributed by atoms with Crippen LogP contribution in [0.25, 0.3) is 5.57 Å². The van der Waals surface area contributed by atoms with E-state index in [-0.39, 0.29) is 11.8 Å². The molecule has 23 heavy (non-hydrogen) atoms. The number of nitrogens with zero attached hydrogens (tertiary/aromatic N) is 1. The molecule has 4 nitrogen and oxygen atoms in total. The van der Waals surface area contributed by atoms with E-state index in [2.05, 4.69) is 0 Å². The Hall–Kier alpha value is -2.05. The van der Waals surface area contributed by atoms with E-state index in [9.17, 15) is 9.59 Å². The van der Waals surface area contributed by atoms with Crippen LogP contribution in [0, 0.1) is 0 Å². The van der Waals surface area contributed by atoms with Crippen molar-refractivity contribution in [3.05, 3.63) is 51.6 Å². The molecule has 1 aromatic heterocycles. The van der Waals surface area contributed by atoms with Crippen LogP contribution in [0.5, 0.6) is 5.75 Å². The van der Waals surface area contributed by atoms with E-state index in [1.165, 1.54) is 28.0 Å². The molecule has 6 heteroatoms. The molecular formula is C17H15NO3S2. The second kappa shape index (κ2) is 6.60. The first kappa shape index (κ1) is 15.8. The van der Waals surface area contributed by atoms with Gasteiger partial charge in [-0.05, 0) is 29.3 Å². The van der Waals surface area contributed by atoms with Crippen LogP contribution in [0.3, 0.4) is 0 Å². The lowest BCUT2D eigenvalue weighted by molar-refractivity contribution is -0.119. The largest absolute Gasteiger partial charge is 0.497 e. The summed E-state index contributed by atoms with van der Waals surface area (Å²) in [6, 6.07) is 10.7. The third kappa shape index (κ3) is 2.80. The van der Waals surface area contributed by atoms with Gasteiger partial charge in [0.1, 0.15) is 5.75 Å². The molecule has 2 aromatic rings. The SMILES string of the molecule is CCSC1=C(c2cccs2)C(=O)N(c2cccc(OC)c2)C1=O. The minimum Gasteiger partial charge on any atom is -0.497 e. The standard InChI is InChI=1S/C17H15NO3S2/c1-3-22-15-14(13-8-5-9-23-13)16(19)18(17(15)20)11-6-4-7-12(10-11)21-2/h4-10H,3H2,1-2H3. The summed E-state index contributed by atoms with van der Waals surface area (Å²) in [5, 5.41) is 1.91. The van der Waals surface area contributed by atoms with Crippen molar-refractivity contribution in [2.75, 3.05) is 17.8 Å². The molecular weight excluding hydrogens is 330 g/mol. The number of carbonyl (C=O) groups excluding carboxylic acids is 2. The highest BCUT2D eigenvalue weighted by atomic mass is 32.2. The molecule has 0 aliphatic carbocycles. The highest BCUT2D eigenvalue weighted by molar-refractivity contribution is 8.04. The van der Waals surface area contributed by atoms with Crippen LogP contribution >= 0.6 is 23.1 Å². The van der Waals surface area contributed by atoms with Crippen LogP contribution in [-0.4, -0.2) is 24.7 Å². The van der Waals surface area contributed by atoms with Crippen LogP contribution < -0.4 is 9.64 Å². The Morgan fingerprint density at radius 3 is 2.65 bits per heavy atom. The molecule has 0 bridgehead atoms. The fraction of sp³-hybridized carbons (Fsp3) is 0.176. The van der Waals surface area contributed by atoms with Gasteiger partial charge in [0.05, 0.1) is 23.3 Å². The number of hydrogen-bond donors (Lipinski definition) is 0. The number of thioether (sulfide) groups is 1. The van der Waals surface area contributed by atoms with E-state index >= 15 is 0 Å². The molecule has 1 aromatic carbocycles. The predicted molar refractivity (Wildman–Crippen MR) is 94.9 cm³/mol. The Labute approximate surface area is 142 Å². The second-order valence-corrected chi connectivity index (χ2v) is 6.98. The number of methoxy groups -OCH3 is 1. The highest BCUT2D eigenvalue weighted by Crippen LogP contribution is 2.40. The molecule has 0 atom stereocenters. The number of anilines is 1. The summed E-state index contributed by atoms with van der Waals surface area (Å²) in [7, 11) is 1.56. The van der Waals surface area contributed by atoms with Crippen molar-refractivity contribution >= 4 is 46.2 Å². The van der Waals surface area contributed by atoms with Crippen molar-refractivity contribution in [1.82, 2.24) is 0 Å². The van der Waals surface area contributed by atoms with Gasteiger partial charge in [-0.15, -0.1) is 23.1 Å². The Kier molecular flexibility index (Phi) is 4.54. The van der Waals surface area contributed by atoms with Gasteiger partial charge in [0.2, 0.25) is 0 Å². The van der Waals surface area contributed by atoms with E-state index in [0.29, 0.717) is 21.9 Å². The van der Waals surface area contributed by atoms with Gasteiger partial charge in [0.25, 0.3) is 11.8 Å². The first-order valence-electron chi connectivity index (χ1n) is 7.11. The molecule has 2 amide bonds. The van der Waals surface area contributed by atoms with E-state index in [0.717, 1.165) is 10.6 Å². The maximum Gasteiger partial charge on any atom is 0.272 e. The first-order valence-corrected chi connectivity index (χ1v) is 8.97. The van der Waals surface area contributed by atoms with Crippen LogP contribution in [0.2, 0.25) is 0 Å². The van der Waals surface area contributed by atoms with Gasteiger partial charge in [-0.1, -0.05) is 19.1 Å². The number of thiophene rings is 1. The number of ether oxygens (including phenoxy) is 1. The quantitative estimate of drug-likeness (QED) is 0.774. The van der Waals surface area contributed by atoms with Gasteiger partial charge < -0.3 is 4.74 Å². The Morgan fingerprint density at radius 1 is 1.17 bits per heavy atom. The van der Waals surface area contributed by atoms with Crippen LogP contribution in [0.15, 0.2) is 46.7 Å². The maximum atomic E-state index is 12.9. The molecule has 0 saturated heterocycles. The van der Waals surface area contributed by atoms with Crippen LogP contribution in [0.1, 0.15) is 11.8 Å². The fourth-order valence-electron chi connectivity index (χ4n) is 2.41. The molecule has 0 radical (unpaired) electrons. The number of hydrogen-bond acceptors (Lipinski definition) is 5. The molecule has 1 aliphatic rings. The van der Waals surface area contributed by atoms with Gasteiger partial charge in [-0.2, -0.15) is 0 Å². The number of rotatable bonds is 5. The number of benzene rings is 1. The molecule has 0 fully saturated rings. The Bertz CT molecular complexity index is 781. The Balaban J connectivity index is 2.06. The lowest BCUT2D eigenvalue weighted by Gasteiger charge is -2.15. The third-order valence-electron chi connectivity index (χ3n) is 3.41. The third-order valence-corrected chi connectivity index (χ3v) is 5.25. The van der Waals surface area contributed by atoms with Gasteiger partial charge in [0, 0.05) is 10.9 Å². The molecule has 0 spiro atoms. The van der Waals surface area contributed by atoms with Crippen molar-refractivity contribution in [2.45, 2.75) is 6.92 Å². The number of imide groups is 1. The van der Waals surface area contributed by atoms with Crippen molar-refractivity contribution < 1.29 is 14.3 Å². The van der Waals surface area contributed by atoms with E-state index in [1.54, 1.807) is 31.4 Å². The van der Waals surface area contributed by atoms with Gasteiger partial charge in [0.15, 0.2) is 0 Å². The fourth-order valence-corrected chi connectivity index (χ4v) is 4.09. The molecule has 0 saturated carbocycles. The number of amides is 2. The van der Waals surface area contributed by atoms with Crippen molar-refractivity contribution in [3.63, 3.8) is 0 Å². The molecule has 0 unspecified atom stereocenters. The first-order chi connectivity index (χ1) is 11.2. The molecule has 118 valence electrons. The molecule has 2 heterocycles. The number of carbonyl (C=O) groups is 2. The highest BCUT2D eigenvalue weighted by Gasteiger charge is 2.40. The lowest BCUT2D eigenvalue weighted by Crippen LogP contribution is -2.31. The zero-order chi connectivity index (χ0) is 16.4. The summed E-state index contributed by atoms with van der Waals surface area (Å²) in [4.78, 5) is 28.3. The Morgan fingerprint density at radius 2 is 2.00 bits per heavy atom. The summed E-state index contributed by atoms with van der Waals surface area (Å²) in [6.07, 6.45) is 0. The van der Waals surface area contributed by atoms with Crippen molar-refractivity contribution in [1.29, 1.82) is 0 Å². The predicted octanol–water partition coefficient (Wildman–Crippen LogP) is 3.79. The zero-order valence-corrected chi connectivity index (χ0v) is 14.4. The molecule has 0 N–H and O–H groups in total. The van der Waals surface area contributed by atoms with E-state index < -0.39 is 0 Å². The summed E-state index contributed by atoms with van der Waals surface area (Å²) >= 11 is 2.87. The molecule has 1 aliphatic heterocycles. The van der Waals surface area contributed by atoms with Gasteiger partial charge in [-0.25, -0.2) is 4.90 Å². The summed E-state index contributed by atoms with van der Waals surface area (Å²) in [5.41, 5.74) is 1.03. The lowest BCUT2D eigenvalue weighted by atomic mass is 10.2. The smallest absolute Gasteiger partial charge is 0.272 e. The summed E-state index contributed by atoms with van der Waals surface area (Å²) in [6.45, 7) is 1.97. The minimum atomic E-state index is -0.276. The zero-order valence-electron chi connectivity index (χ0n) is 12.7. The summed E-state index contributed by atoms with van der Waals surface area (Å²) in [5.74, 6) is 0.798. The normalized spacial score (nSPS) is 14.8. The average molecular weight is 345 g/mol. The van der Waals surface area contributed by atoms with E-state index in [1.807, 2.05) is 24.4 Å². The summed E-state index contributed by atoms with van der Waals surface area (Å²) < 4.78 is 5.19. The monoisotopic (exact) mass is 345 g/mol.